The third-order valence-electron chi connectivity index (χ3n) is 5.41. The van der Waals surface area contributed by atoms with Crippen LogP contribution in [0.15, 0.2) is 59.7 Å². The molecule has 2 aromatic heterocycles. The fraction of sp³-hybridized carbons (Fsp3) is 0.409. The first-order valence-electron chi connectivity index (χ1n) is 10.1. The maximum atomic E-state index is 4.49. The SMILES string of the molecule is CN=C(NCCCc1nnc2ccccn12)N1CCC(Cc2ccccc2)C1.I. The van der Waals surface area contributed by atoms with Crippen LogP contribution in [0.5, 0.6) is 0 Å². The van der Waals surface area contributed by atoms with Crippen molar-refractivity contribution in [3.63, 3.8) is 0 Å². The third-order valence-corrected chi connectivity index (χ3v) is 5.41. The summed E-state index contributed by atoms with van der Waals surface area (Å²) >= 11 is 0. The quantitative estimate of drug-likeness (QED) is 0.242. The Kier molecular flexibility index (Phi) is 7.85. The maximum Gasteiger partial charge on any atom is 0.193 e. The van der Waals surface area contributed by atoms with Crippen molar-refractivity contribution in [3.05, 3.63) is 66.1 Å². The Morgan fingerprint density at radius 3 is 2.79 bits per heavy atom. The summed E-state index contributed by atoms with van der Waals surface area (Å²) in [5.41, 5.74) is 2.33. The fourth-order valence-corrected chi connectivity index (χ4v) is 3.98. The number of aromatic nitrogens is 3. The van der Waals surface area contributed by atoms with E-state index in [4.69, 9.17) is 0 Å². The molecule has 4 rings (SSSR count). The average molecular weight is 504 g/mol. The van der Waals surface area contributed by atoms with E-state index >= 15 is 0 Å². The Morgan fingerprint density at radius 1 is 1.14 bits per heavy atom. The molecule has 3 aromatic rings. The van der Waals surface area contributed by atoms with E-state index in [0.29, 0.717) is 5.92 Å². The largest absolute Gasteiger partial charge is 0.356 e. The van der Waals surface area contributed by atoms with Gasteiger partial charge in [0.05, 0.1) is 0 Å². The number of likely N-dealkylation sites (tertiary alicyclic amines) is 1. The van der Waals surface area contributed by atoms with Crippen LogP contribution in [0.4, 0.5) is 0 Å². The molecule has 1 aliphatic heterocycles. The van der Waals surface area contributed by atoms with Crippen molar-refractivity contribution in [2.45, 2.75) is 25.7 Å². The molecule has 3 heterocycles. The number of fused-ring (bicyclic) bond motifs is 1. The molecule has 1 atom stereocenters. The van der Waals surface area contributed by atoms with Gasteiger partial charge in [-0.05, 0) is 42.9 Å². The molecule has 154 valence electrons. The average Bonchev–Trinajstić information content (AvgIpc) is 3.36. The molecule has 1 N–H and O–H groups in total. The summed E-state index contributed by atoms with van der Waals surface area (Å²) in [5.74, 6) is 2.72. The van der Waals surface area contributed by atoms with Gasteiger partial charge in [0.25, 0.3) is 0 Å². The smallest absolute Gasteiger partial charge is 0.193 e. The van der Waals surface area contributed by atoms with E-state index in [-0.39, 0.29) is 24.0 Å². The molecular formula is C22H29IN6. The minimum Gasteiger partial charge on any atom is -0.356 e. The first kappa shape index (κ1) is 21.5. The molecule has 1 fully saturated rings. The van der Waals surface area contributed by atoms with Crippen LogP contribution in [0.1, 0.15) is 24.2 Å². The predicted molar refractivity (Wildman–Crippen MR) is 128 cm³/mol. The molecule has 1 aliphatic rings. The van der Waals surface area contributed by atoms with Gasteiger partial charge in [-0.2, -0.15) is 0 Å². The van der Waals surface area contributed by atoms with Crippen molar-refractivity contribution < 1.29 is 0 Å². The molecule has 7 heteroatoms. The van der Waals surface area contributed by atoms with Crippen molar-refractivity contribution >= 4 is 35.6 Å². The summed E-state index contributed by atoms with van der Waals surface area (Å²) in [4.78, 5) is 6.88. The van der Waals surface area contributed by atoms with E-state index < -0.39 is 0 Å². The highest BCUT2D eigenvalue weighted by atomic mass is 127. The number of hydrogen-bond donors (Lipinski definition) is 1. The number of aryl methyl sites for hydroxylation is 1. The Labute approximate surface area is 189 Å². The lowest BCUT2D eigenvalue weighted by molar-refractivity contribution is 0.459. The first-order valence-corrected chi connectivity index (χ1v) is 10.1. The molecule has 29 heavy (non-hydrogen) atoms. The zero-order chi connectivity index (χ0) is 19.2. The van der Waals surface area contributed by atoms with Gasteiger partial charge in [0, 0.05) is 39.3 Å². The number of hydrogen-bond acceptors (Lipinski definition) is 3. The molecule has 6 nitrogen and oxygen atoms in total. The first-order chi connectivity index (χ1) is 13.8. The van der Waals surface area contributed by atoms with Crippen LogP contribution >= 0.6 is 24.0 Å². The monoisotopic (exact) mass is 504 g/mol. The Hall–Kier alpha value is -2.16. The lowest BCUT2D eigenvalue weighted by atomic mass is 9.99. The van der Waals surface area contributed by atoms with E-state index in [0.717, 1.165) is 56.3 Å². The van der Waals surface area contributed by atoms with Crippen LogP contribution in [0, 0.1) is 5.92 Å². The summed E-state index contributed by atoms with van der Waals surface area (Å²) in [7, 11) is 1.87. The molecule has 0 amide bonds. The predicted octanol–water partition coefficient (Wildman–Crippen LogP) is 3.42. The van der Waals surface area contributed by atoms with Crippen LogP contribution in [0.3, 0.4) is 0 Å². The van der Waals surface area contributed by atoms with Crippen molar-refractivity contribution in [3.8, 4) is 0 Å². The summed E-state index contributed by atoms with van der Waals surface area (Å²) in [6.07, 6.45) is 6.28. The molecular weight excluding hydrogens is 475 g/mol. The molecule has 0 aliphatic carbocycles. The molecule has 1 unspecified atom stereocenters. The number of nitrogens with one attached hydrogen (secondary N) is 1. The van der Waals surface area contributed by atoms with E-state index in [1.165, 1.54) is 12.0 Å². The van der Waals surface area contributed by atoms with Crippen LogP contribution < -0.4 is 5.32 Å². The van der Waals surface area contributed by atoms with Crippen LogP contribution in [0.2, 0.25) is 0 Å². The Morgan fingerprint density at radius 2 is 1.97 bits per heavy atom. The maximum absolute atomic E-state index is 4.49. The molecule has 0 bridgehead atoms. The highest BCUT2D eigenvalue weighted by Gasteiger charge is 2.24. The molecule has 0 spiro atoms. The number of rotatable bonds is 6. The minimum atomic E-state index is 0. The highest BCUT2D eigenvalue weighted by Crippen LogP contribution is 2.20. The summed E-state index contributed by atoms with van der Waals surface area (Å²) < 4.78 is 2.06. The normalized spacial score (nSPS) is 16.8. The summed E-state index contributed by atoms with van der Waals surface area (Å²) in [6, 6.07) is 16.8. The Bertz CT molecular complexity index is 923. The Balaban J connectivity index is 0.00000240. The lowest BCUT2D eigenvalue weighted by Crippen LogP contribution is -2.40. The molecule has 1 aromatic carbocycles. The van der Waals surface area contributed by atoms with Gasteiger partial charge < -0.3 is 10.2 Å². The second-order valence-electron chi connectivity index (χ2n) is 7.41. The van der Waals surface area contributed by atoms with Gasteiger partial charge in [0.1, 0.15) is 5.82 Å². The highest BCUT2D eigenvalue weighted by molar-refractivity contribution is 14.0. The van der Waals surface area contributed by atoms with Gasteiger partial charge in [-0.25, -0.2) is 0 Å². The van der Waals surface area contributed by atoms with Crippen molar-refractivity contribution in [1.82, 2.24) is 24.8 Å². The second kappa shape index (κ2) is 10.6. The zero-order valence-electron chi connectivity index (χ0n) is 16.9. The summed E-state index contributed by atoms with van der Waals surface area (Å²) in [6.45, 7) is 3.03. The standard InChI is InChI=1S/C22H28N6.HI/c1-23-22(27-15-12-19(17-27)16-18-8-3-2-4-9-18)24-13-7-11-21-26-25-20-10-5-6-14-28(20)21;/h2-6,8-10,14,19H,7,11-13,15-17H2,1H3,(H,23,24);1H. The van der Waals surface area contributed by atoms with Crippen molar-refractivity contribution in [1.29, 1.82) is 0 Å². The number of pyridine rings is 1. The second-order valence-corrected chi connectivity index (χ2v) is 7.41. The van der Waals surface area contributed by atoms with Crippen molar-refractivity contribution in [2.24, 2.45) is 10.9 Å². The topological polar surface area (TPSA) is 57.8 Å². The molecule has 1 saturated heterocycles. The van der Waals surface area contributed by atoms with Gasteiger partial charge >= 0.3 is 0 Å². The minimum absolute atomic E-state index is 0. The fourth-order valence-electron chi connectivity index (χ4n) is 3.98. The van der Waals surface area contributed by atoms with Crippen LogP contribution in [0.25, 0.3) is 5.65 Å². The van der Waals surface area contributed by atoms with E-state index in [1.807, 2.05) is 31.4 Å². The lowest BCUT2D eigenvalue weighted by Gasteiger charge is -2.21. The number of aliphatic imine (C=N–C) groups is 1. The van der Waals surface area contributed by atoms with Gasteiger partial charge in [-0.1, -0.05) is 36.4 Å². The van der Waals surface area contributed by atoms with Gasteiger partial charge in [-0.3, -0.25) is 9.39 Å². The van der Waals surface area contributed by atoms with E-state index in [2.05, 4.69) is 60.1 Å². The van der Waals surface area contributed by atoms with Gasteiger partial charge in [0.2, 0.25) is 0 Å². The number of guanidine groups is 1. The third kappa shape index (κ3) is 5.46. The van der Waals surface area contributed by atoms with Crippen molar-refractivity contribution in [2.75, 3.05) is 26.7 Å². The van der Waals surface area contributed by atoms with Crippen LogP contribution in [-0.2, 0) is 12.8 Å². The number of halogens is 1. The number of nitrogens with zero attached hydrogens (tertiary/aromatic N) is 5. The molecule has 0 saturated carbocycles. The van der Waals surface area contributed by atoms with E-state index in [9.17, 15) is 0 Å². The summed E-state index contributed by atoms with van der Waals surface area (Å²) in [5, 5.41) is 12.0. The number of benzene rings is 1. The van der Waals surface area contributed by atoms with E-state index in [1.54, 1.807) is 0 Å². The molecule has 0 radical (unpaired) electrons. The zero-order valence-corrected chi connectivity index (χ0v) is 19.2. The van der Waals surface area contributed by atoms with Gasteiger partial charge in [0.15, 0.2) is 11.6 Å². The van der Waals surface area contributed by atoms with Gasteiger partial charge in [-0.15, -0.1) is 34.2 Å². The van der Waals surface area contributed by atoms with Crippen LogP contribution in [-0.4, -0.2) is 52.1 Å².